The summed E-state index contributed by atoms with van der Waals surface area (Å²) in [6, 6.07) is 0. The van der Waals surface area contributed by atoms with E-state index in [-0.39, 0.29) is 11.7 Å². The van der Waals surface area contributed by atoms with Crippen molar-refractivity contribution in [2.45, 2.75) is 26.7 Å². The van der Waals surface area contributed by atoms with Gasteiger partial charge in [0.1, 0.15) is 5.82 Å². The Labute approximate surface area is 150 Å². The van der Waals surface area contributed by atoms with E-state index in [4.69, 9.17) is 4.74 Å². The zero-order chi connectivity index (χ0) is 18.4. The molecule has 134 valence electrons. The van der Waals surface area contributed by atoms with Gasteiger partial charge in [0.15, 0.2) is 5.65 Å². The van der Waals surface area contributed by atoms with Crippen molar-refractivity contribution in [3.8, 4) is 11.3 Å². The third-order valence-electron chi connectivity index (χ3n) is 4.75. The SMILES string of the molecule is COC[C@@H](C)c1c(F)c(C)c(-c2cn3cc(C)nc3cn2)c2cn[nH]c12. The summed E-state index contributed by atoms with van der Waals surface area (Å²) in [6.45, 7) is 6.09. The van der Waals surface area contributed by atoms with E-state index in [2.05, 4.69) is 20.2 Å². The molecule has 4 aromatic rings. The maximum absolute atomic E-state index is 15.3. The molecule has 26 heavy (non-hydrogen) atoms. The van der Waals surface area contributed by atoms with E-state index in [1.54, 1.807) is 26.4 Å². The molecule has 0 aliphatic carbocycles. The average Bonchev–Trinajstić information content (AvgIpc) is 3.21. The topological polar surface area (TPSA) is 68.1 Å². The molecule has 1 atom stereocenters. The van der Waals surface area contributed by atoms with Gasteiger partial charge in [0, 0.05) is 41.9 Å². The number of nitrogens with zero attached hydrogens (tertiary/aromatic N) is 4. The Bertz CT molecular complexity index is 1110. The Morgan fingerprint density at radius 1 is 1.27 bits per heavy atom. The van der Waals surface area contributed by atoms with Crippen molar-refractivity contribution < 1.29 is 9.13 Å². The molecule has 1 aromatic carbocycles. The number of benzene rings is 1. The summed E-state index contributed by atoms with van der Waals surface area (Å²) in [4.78, 5) is 8.91. The van der Waals surface area contributed by atoms with Gasteiger partial charge >= 0.3 is 0 Å². The predicted molar refractivity (Wildman–Crippen MR) is 97.8 cm³/mol. The van der Waals surface area contributed by atoms with Gasteiger partial charge in [-0.05, 0) is 19.4 Å². The number of H-pyrrole nitrogens is 1. The van der Waals surface area contributed by atoms with Crippen LogP contribution in [0.15, 0.2) is 24.8 Å². The largest absolute Gasteiger partial charge is 0.384 e. The van der Waals surface area contributed by atoms with Gasteiger partial charge in [-0.25, -0.2) is 9.37 Å². The minimum atomic E-state index is -0.245. The van der Waals surface area contributed by atoms with E-state index in [9.17, 15) is 0 Å². The van der Waals surface area contributed by atoms with Crippen LogP contribution in [0.2, 0.25) is 0 Å². The van der Waals surface area contributed by atoms with Crippen LogP contribution < -0.4 is 0 Å². The van der Waals surface area contributed by atoms with E-state index < -0.39 is 0 Å². The number of fused-ring (bicyclic) bond motifs is 2. The van der Waals surface area contributed by atoms with Gasteiger partial charge in [0.25, 0.3) is 0 Å². The molecule has 0 fully saturated rings. The van der Waals surface area contributed by atoms with Crippen molar-refractivity contribution in [1.82, 2.24) is 24.6 Å². The Kier molecular flexibility index (Phi) is 3.96. The third-order valence-corrected chi connectivity index (χ3v) is 4.75. The lowest BCUT2D eigenvalue weighted by atomic mass is 9.91. The maximum Gasteiger partial charge on any atom is 0.155 e. The molecule has 0 saturated carbocycles. The number of aromatic nitrogens is 5. The maximum atomic E-state index is 15.3. The van der Waals surface area contributed by atoms with Crippen molar-refractivity contribution in [1.29, 1.82) is 0 Å². The molecule has 3 heterocycles. The summed E-state index contributed by atoms with van der Waals surface area (Å²) in [6.07, 6.45) is 7.23. The predicted octanol–water partition coefficient (Wildman–Crippen LogP) is 3.78. The molecule has 0 bridgehead atoms. The van der Waals surface area contributed by atoms with Crippen LogP contribution in [0, 0.1) is 19.7 Å². The molecule has 3 aromatic heterocycles. The summed E-state index contributed by atoms with van der Waals surface area (Å²) in [5, 5.41) is 7.97. The Morgan fingerprint density at radius 3 is 2.85 bits per heavy atom. The van der Waals surface area contributed by atoms with Crippen LogP contribution in [0.4, 0.5) is 4.39 Å². The van der Waals surface area contributed by atoms with Crippen LogP contribution in [0.5, 0.6) is 0 Å². The first-order valence-corrected chi connectivity index (χ1v) is 8.47. The summed E-state index contributed by atoms with van der Waals surface area (Å²) in [5.74, 6) is -0.340. The number of hydrogen-bond acceptors (Lipinski definition) is 4. The molecule has 0 aliphatic heterocycles. The lowest BCUT2D eigenvalue weighted by Crippen LogP contribution is -2.08. The number of imidazole rings is 1. The van der Waals surface area contributed by atoms with Gasteiger partial charge in [0.2, 0.25) is 0 Å². The minimum Gasteiger partial charge on any atom is -0.384 e. The molecular weight excluding hydrogens is 333 g/mol. The second-order valence-electron chi connectivity index (χ2n) is 6.66. The van der Waals surface area contributed by atoms with Crippen LogP contribution in [0.1, 0.15) is 29.7 Å². The standard InChI is InChI=1S/C19H20FN5O/c1-10(9-26-4)16-18(20)12(3)17(13-5-22-24-19(13)16)14-8-25-7-11(2)23-15(25)6-21-14/h5-8,10H,9H2,1-4H3,(H,22,24)/t10-/m1/s1. The van der Waals surface area contributed by atoms with Gasteiger partial charge in [-0.2, -0.15) is 5.10 Å². The van der Waals surface area contributed by atoms with Crippen molar-refractivity contribution in [2.24, 2.45) is 0 Å². The number of hydrogen-bond donors (Lipinski definition) is 1. The van der Waals surface area contributed by atoms with Crippen molar-refractivity contribution >= 4 is 16.6 Å². The monoisotopic (exact) mass is 353 g/mol. The molecule has 1 N–H and O–H groups in total. The minimum absolute atomic E-state index is 0.0950. The number of aryl methyl sites for hydroxylation is 1. The number of ether oxygens (including phenoxy) is 1. The van der Waals surface area contributed by atoms with Crippen molar-refractivity contribution in [3.63, 3.8) is 0 Å². The van der Waals surface area contributed by atoms with E-state index in [1.807, 2.05) is 30.6 Å². The second kappa shape index (κ2) is 6.17. The molecule has 0 spiro atoms. The van der Waals surface area contributed by atoms with Crippen LogP contribution in [-0.2, 0) is 4.74 Å². The first-order valence-electron chi connectivity index (χ1n) is 8.47. The molecular formula is C19H20FN5O. The first kappa shape index (κ1) is 16.7. The first-order chi connectivity index (χ1) is 12.5. The van der Waals surface area contributed by atoms with Crippen molar-refractivity contribution in [2.75, 3.05) is 13.7 Å². The fourth-order valence-corrected chi connectivity index (χ4v) is 3.59. The number of rotatable bonds is 4. The van der Waals surface area contributed by atoms with Gasteiger partial charge < -0.3 is 9.14 Å². The van der Waals surface area contributed by atoms with E-state index in [0.717, 1.165) is 22.3 Å². The Balaban J connectivity index is 1.99. The molecule has 0 unspecified atom stereocenters. The lowest BCUT2D eigenvalue weighted by Gasteiger charge is -2.17. The number of methoxy groups -OCH3 is 1. The smallest absolute Gasteiger partial charge is 0.155 e. The molecule has 6 nitrogen and oxygen atoms in total. The van der Waals surface area contributed by atoms with Crippen LogP contribution in [0.3, 0.4) is 0 Å². The Hall–Kier alpha value is -2.80. The van der Waals surface area contributed by atoms with Gasteiger partial charge in [-0.1, -0.05) is 6.92 Å². The van der Waals surface area contributed by atoms with Crippen molar-refractivity contribution in [3.05, 3.63) is 47.4 Å². The summed E-state index contributed by atoms with van der Waals surface area (Å²) >= 11 is 0. The number of halogens is 1. The molecule has 7 heteroatoms. The zero-order valence-electron chi connectivity index (χ0n) is 15.2. The average molecular weight is 353 g/mol. The second-order valence-corrected chi connectivity index (χ2v) is 6.66. The molecule has 0 saturated heterocycles. The zero-order valence-corrected chi connectivity index (χ0v) is 15.2. The summed E-state index contributed by atoms with van der Waals surface area (Å²) < 4.78 is 22.4. The van der Waals surface area contributed by atoms with E-state index in [0.29, 0.717) is 28.9 Å². The fourth-order valence-electron chi connectivity index (χ4n) is 3.59. The third kappa shape index (κ3) is 2.47. The van der Waals surface area contributed by atoms with E-state index in [1.165, 1.54) is 0 Å². The van der Waals surface area contributed by atoms with Crippen LogP contribution >= 0.6 is 0 Å². The highest BCUT2D eigenvalue weighted by molar-refractivity contribution is 5.97. The number of aromatic amines is 1. The quantitative estimate of drug-likeness (QED) is 0.606. The fraction of sp³-hybridized carbons (Fsp3) is 0.316. The van der Waals surface area contributed by atoms with E-state index >= 15 is 4.39 Å². The molecule has 0 radical (unpaired) electrons. The highest BCUT2D eigenvalue weighted by atomic mass is 19.1. The summed E-state index contributed by atoms with van der Waals surface area (Å²) in [5.41, 5.74) is 4.94. The lowest BCUT2D eigenvalue weighted by molar-refractivity contribution is 0.183. The molecule has 4 rings (SSSR count). The highest BCUT2D eigenvalue weighted by Crippen LogP contribution is 2.37. The van der Waals surface area contributed by atoms with Crippen LogP contribution in [0.25, 0.3) is 27.8 Å². The number of nitrogens with one attached hydrogen (secondary N) is 1. The Morgan fingerprint density at radius 2 is 2.08 bits per heavy atom. The van der Waals surface area contributed by atoms with Gasteiger partial charge in [-0.15, -0.1) is 0 Å². The normalized spacial score (nSPS) is 13.0. The molecule has 0 amide bonds. The van der Waals surface area contributed by atoms with Gasteiger partial charge in [0.05, 0.1) is 35.9 Å². The van der Waals surface area contributed by atoms with Crippen LogP contribution in [-0.4, -0.2) is 38.3 Å². The molecule has 0 aliphatic rings. The highest BCUT2D eigenvalue weighted by Gasteiger charge is 2.23. The summed E-state index contributed by atoms with van der Waals surface area (Å²) in [7, 11) is 1.62. The van der Waals surface area contributed by atoms with Gasteiger partial charge in [-0.3, -0.25) is 10.1 Å².